The van der Waals surface area contributed by atoms with Crippen LogP contribution in [-0.4, -0.2) is 78.8 Å². The summed E-state index contributed by atoms with van der Waals surface area (Å²) in [7, 11) is -9.85. The van der Waals surface area contributed by atoms with Crippen molar-refractivity contribution in [3.63, 3.8) is 0 Å². The van der Waals surface area contributed by atoms with Gasteiger partial charge in [0.05, 0.1) is 15.2 Å². The van der Waals surface area contributed by atoms with E-state index < -0.39 is 64.9 Å². The summed E-state index contributed by atoms with van der Waals surface area (Å²) in [5, 5.41) is 1.09. The van der Waals surface area contributed by atoms with E-state index in [1.165, 1.54) is 0 Å². The lowest BCUT2D eigenvalue weighted by Crippen LogP contribution is -2.98. The maximum atomic E-state index is 3.22. The van der Waals surface area contributed by atoms with Gasteiger partial charge in [-0.15, -0.1) is 0 Å². The Bertz CT molecular complexity index is 815. The number of hydrogen-bond donors (Lipinski definition) is 0. The average Bonchev–Trinajstić information content (AvgIpc) is 2.73. The van der Waals surface area contributed by atoms with E-state index in [2.05, 4.69) is 159 Å². The third-order valence-electron chi connectivity index (χ3n) is 12.4. The highest BCUT2D eigenvalue weighted by molar-refractivity contribution is 8.35. The first-order valence-corrected chi connectivity index (χ1v) is 56.2. The van der Waals surface area contributed by atoms with Crippen molar-refractivity contribution >= 4 is 78.8 Å². The third kappa shape index (κ3) is 4.85. The van der Waals surface area contributed by atoms with Crippen LogP contribution < -0.4 is 0 Å². The van der Waals surface area contributed by atoms with Crippen LogP contribution in [0.2, 0.25) is 128 Å². The van der Waals surface area contributed by atoms with E-state index in [9.17, 15) is 0 Å². The van der Waals surface area contributed by atoms with Gasteiger partial charge in [0, 0.05) is 49.8 Å². The Kier molecular flexibility index (Phi) is 9.80. The highest BCUT2D eigenvalue weighted by atomic mass is 30.6. The van der Waals surface area contributed by atoms with Crippen LogP contribution in [-0.2, 0) is 0 Å². The van der Waals surface area contributed by atoms with Crippen LogP contribution in [0.4, 0.5) is 0 Å². The van der Waals surface area contributed by atoms with Gasteiger partial charge in [-0.1, -0.05) is 159 Å². The molecule has 0 saturated heterocycles. The van der Waals surface area contributed by atoms with Crippen LogP contribution in [0, 0.1) is 0 Å². The molecule has 0 aliphatic carbocycles. The Labute approximate surface area is 246 Å². The zero-order valence-corrected chi connectivity index (χ0v) is 41.5. The SMILES string of the molecule is CC(C)(C)[Si](C)(C)[Si]1=[Si]([Si](C)(C)C(C)(C)C)[Si]([Si](C)(C)C)([Si](C)(C)C)[Si](C)(C)[Si]1([Si](C)(C)C)[Si](C)(C)C. The Balaban J connectivity index is 5.20. The molecule has 0 radical (unpaired) electrons. The molecule has 0 aromatic rings. The molecule has 0 amide bonds. The Hall–Kier alpha value is 2.39. The largest absolute Gasteiger partial charge is 0.0739 e. The first-order chi connectivity index (χ1) is 15.5. The molecule has 11 heteroatoms. The molecule has 1 aliphatic heterocycles. The minimum absolute atomic E-state index is 0.355. The highest BCUT2D eigenvalue weighted by Gasteiger charge is 2.83. The van der Waals surface area contributed by atoms with Gasteiger partial charge in [-0.05, 0) is 23.9 Å². The summed E-state index contributed by atoms with van der Waals surface area (Å²) in [6.07, 6.45) is -2.91. The van der Waals surface area contributed by atoms with E-state index >= 15 is 0 Å². The van der Waals surface area contributed by atoms with Crippen molar-refractivity contribution in [3.8, 4) is 0 Å². The quantitative estimate of drug-likeness (QED) is 0.243. The lowest BCUT2D eigenvalue weighted by atomic mass is 10.2. The zero-order valence-electron chi connectivity index (χ0n) is 30.5. The van der Waals surface area contributed by atoms with Crippen LogP contribution in [0.25, 0.3) is 0 Å². The van der Waals surface area contributed by atoms with Crippen molar-refractivity contribution in [1.29, 1.82) is 0 Å². The van der Waals surface area contributed by atoms with E-state index in [1.54, 1.807) is 0 Å². The van der Waals surface area contributed by atoms with Crippen LogP contribution in [0.5, 0.6) is 0 Å². The number of hydrogen-bond acceptors (Lipinski definition) is 0. The maximum absolute atomic E-state index is 3.22. The van der Waals surface area contributed by atoms with Crippen LogP contribution in [0.15, 0.2) is 0 Å². The molecule has 0 aromatic heterocycles. The minimum atomic E-state index is -1.49. The van der Waals surface area contributed by atoms with Gasteiger partial charge < -0.3 is 0 Å². The smallest absolute Gasteiger partial charge is 0.0546 e. The lowest BCUT2D eigenvalue weighted by Gasteiger charge is -2.67. The van der Waals surface area contributed by atoms with Gasteiger partial charge in [0.2, 0.25) is 0 Å². The van der Waals surface area contributed by atoms with Gasteiger partial charge in [0.1, 0.15) is 0 Å². The fourth-order valence-electron chi connectivity index (χ4n) is 11.1. The molecule has 220 valence electrons. The maximum Gasteiger partial charge on any atom is 0.0546 e. The molecule has 0 fully saturated rings. The van der Waals surface area contributed by atoms with Crippen LogP contribution in [0.1, 0.15) is 41.5 Å². The Morgan fingerprint density at radius 3 is 0.649 bits per heavy atom. The molecule has 1 aliphatic rings. The van der Waals surface area contributed by atoms with E-state index in [-0.39, 0.29) is 13.9 Å². The topological polar surface area (TPSA) is 0 Å². The molecular formula is C26H72Si11. The van der Waals surface area contributed by atoms with Crippen LogP contribution in [0.3, 0.4) is 0 Å². The molecule has 37 heavy (non-hydrogen) atoms. The van der Waals surface area contributed by atoms with Crippen LogP contribution >= 0.6 is 0 Å². The molecule has 1 heterocycles. The molecule has 0 saturated carbocycles. The zero-order chi connectivity index (χ0) is 30.7. The second-order valence-electron chi connectivity index (χ2n) is 20.6. The summed E-state index contributed by atoms with van der Waals surface area (Å²) in [4.78, 5) is 0. The molecule has 0 unspecified atom stereocenters. The van der Waals surface area contributed by atoms with Gasteiger partial charge >= 0.3 is 0 Å². The molecule has 0 bridgehead atoms. The molecule has 1 rings (SSSR count). The third-order valence-corrected chi connectivity index (χ3v) is 323. The van der Waals surface area contributed by atoms with Crippen molar-refractivity contribution in [1.82, 2.24) is 0 Å². The average molecular weight is 694 g/mol. The highest BCUT2D eigenvalue weighted by Crippen LogP contribution is 2.57. The van der Waals surface area contributed by atoms with Crippen molar-refractivity contribution < 1.29 is 0 Å². The van der Waals surface area contributed by atoms with Crippen molar-refractivity contribution in [2.75, 3.05) is 0 Å². The predicted molar refractivity (Wildman–Crippen MR) is 208 cm³/mol. The first-order valence-electron chi connectivity index (χ1n) is 15.2. The fourth-order valence-corrected chi connectivity index (χ4v) is 701. The second kappa shape index (κ2) is 9.70. The molecule has 0 nitrogen and oxygen atoms in total. The normalized spacial score (nSPS) is 22.1. The molecular weight excluding hydrogens is 621 g/mol. The molecule has 0 N–H and O–H groups in total. The van der Waals surface area contributed by atoms with Gasteiger partial charge in [0.15, 0.2) is 0 Å². The van der Waals surface area contributed by atoms with Crippen molar-refractivity contribution in [2.45, 2.75) is 169 Å². The second-order valence-corrected chi connectivity index (χ2v) is 144. The van der Waals surface area contributed by atoms with Gasteiger partial charge in [-0.3, -0.25) is 0 Å². The summed E-state index contributed by atoms with van der Waals surface area (Å²) in [6, 6.07) is 0. The monoisotopic (exact) mass is 692 g/mol. The predicted octanol–water partition coefficient (Wildman–Crippen LogP) is 9.83. The molecule has 0 spiro atoms. The summed E-state index contributed by atoms with van der Waals surface area (Å²) in [5.74, 6) is 0. The van der Waals surface area contributed by atoms with Gasteiger partial charge in [-0.2, -0.15) is 0 Å². The van der Waals surface area contributed by atoms with Crippen molar-refractivity contribution in [3.05, 3.63) is 0 Å². The van der Waals surface area contributed by atoms with E-state index in [4.69, 9.17) is 0 Å². The molecule has 0 aromatic carbocycles. The summed E-state index contributed by atoms with van der Waals surface area (Å²) in [6.45, 7) is 70.3. The lowest BCUT2D eigenvalue weighted by molar-refractivity contribution is 0.733. The Morgan fingerprint density at radius 1 is 0.378 bits per heavy atom. The van der Waals surface area contributed by atoms with Crippen molar-refractivity contribution in [2.24, 2.45) is 0 Å². The minimum Gasteiger partial charge on any atom is -0.0739 e. The van der Waals surface area contributed by atoms with E-state index in [0.29, 0.717) is 10.1 Å². The fraction of sp³-hybridized carbons (Fsp3) is 1.00. The summed E-state index contributed by atoms with van der Waals surface area (Å²) >= 11 is 0. The van der Waals surface area contributed by atoms with E-state index in [0.717, 1.165) is 0 Å². The first kappa shape index (κ1) is 37.4. The summed E-state index contributed by atoms with van der Waals surface area (Å²) < 4.78 is 0. The number of rotatable bonds is 6. The molecule has 0 atom stereocenters. The van der Waals surface area contributed by atoms with Gasteiger partial charge in [0.25, 0.3) is 0 Å². The van der Waals surface area contributed by atoms with E-state index in [1.807, 2.05) is 0 Å². The Morgan fingerprint density at radius 2 is 0.541 bits per heavy atom. The summed E-state index contributed by atoms with van der Waals surface area (Å²) in [5.41, 5.74) is 0. The van der Waals surface area contributed by atoms with Gasteiger partial charge in [-0.25, -0.2) is 0 Å². The standard InChI is InChI=1S/C26H72Si11/c1-25(2,3)33(19,20)27-28(34(21,22)26(4,5)6)37(31(13,14)15,32(16,17)18)35(23,24)36(27,29(7,8)9)30(10,11)12/h1-24H3.